The van der Waals surface area contributed by atoms with Gasteiger partial charge in [0.15, 0.2) is 0 Å². The number of hydrogen-bond donors (Lipinski definition) is 1. The molecule has 1 N–H and O–H groups in total. The summed E-state index contributed by atoms with van der Waals surface area (Å²) in [6, 6.07) is 9.09. The lowest BCUT2D eigenvalue weighted by atomic mass is 9.98. The molecule has 0 aromatic heterocycles. The molecule has 0 bridgehead atoms. The van der Waals surface area contributed by atoms with Crippen molar-refractivity contribution in [3.8, 4) is 0 Å². The van der Waals surface area contributed by atoms with Crippen molar-refractivity contribution in [2.24, 2.45) is 0 Å². The van der Waals surface area contributed by atoms with Crippen LogP contribution in [0.2, 0.25) is 0 Å². The van der Waals surface area contributed by atoms with Gasteiger partial charge in [-0.05, 0) is 61.2 Å². The van der Waals surface area contributed by atoms with Gasteiger partial charge in [0.1, 0.15) is 0 Å². The van der Waals surface area contributed by atoms with Gasteiger partial charge in [0, 0.05) is 60.8 Å². The predicted octanol–water partition coefficient (Wildman–Crippen LogP) is 6.11. The third-order valence-corrected chi connectivity index (χ3v) is 7.36. The molecule has 3 nitrogen and oxygen atoms in total. The number of piperidine rings is 1. The number of anilines is 2. The predicted molar refractivity (Wildman–Crippen MR) is 123 cm³/mol. The average molecular weight is 450 g/mol. The lowest BCUT2D eigenvalue weighted by molar-refractivity contribution is -0.137. The van der Waals surface area contributed by atoms with E-state index in [0.29, 0.717) is 17.0 Å². The van der Waals surface area contributed by atoms with Crippen molar-refractivity contribution >= 4 is 23.1 Å². The van der Waals surface area contributed by atoms with E-state index < -0.39 is 11.7 Å². The van der Waals surface area contributed by atoms with Crippen molar-refractivity contribution in [2.75, 3.05) is 43.9 Å². The summed E-state index contributed by atoms with van der Waals surface area (Å²) in [4.78, 5) is 6.20. The van der Waals surface area contributed by atoms with Crippen LogP contribution in [0.3, 0.4) is 0 Å². The Hall–Kier alpha value is -1.86. The van der Waals surface area contributed by atoms with Crippen LogP contribution in [-0.2, 0) is 12.6 Å². The second kappa shape index (κ2) is 8.94. The van der Waals surface area contributed by atoms with Crippen LogP contribution in [0.25, 0.3) is 0 Å². The highest BCUT2D eigenvalue weighted by atomic mass is 32.2. The maximum absolute atomic E-state index is 13.7. The lowest BCUT2D eigenvalue weighted by Crippen LogP contribution is -2.39. The zero-order valence-corrected chi connectivity index (χ0v) is 19.2. The van der Waals surface area contributed by atoms with Crippen molar-refractivity contribution in [1.29, 1.82) is 0 Å². The molecule has 1 fully saturated rings. The molecule has 2 aliphatic heterocycles. The first kappa shape index (κ1) is 22.3. The Labute approximate surface area is 187 Å². The topological polar surface area (TPSA) is 18.5 Å². The number of nitrogens with zero attached hydrogens (tertiary/aromatic N) is 2. The van der Waals surface area contributed by atoms with Crippen LogP contribution in [0.4, 0.5) is 24.5 Å². The second-order valence-corrected chi connectivity index (χ2v) is 9.81. The van der Waals surface area contributed by atoms with E-state index in [0.717, 1.165) is 55.0 Å². The van der Waals surface area contributed by atoms with Gasteiger partial charge in [0.25, 0.3) is 0 Å². The molecule has 2 heterocycles. The molecule has 168 valence electrons. The van der Waals surface area contributed by atoms with Crippen LogP contribution in [0.1, 0.15) is 42.9 Å². The summed E-state index contributed by atoms with van der Waals surface area (Å²) in [5, 5.41) is 3.50. The number of nitrogens with one attached hydrogen (secondary N) is 1. The molecule has 0 unspecified atom stereocenters. The first-order valence-corrected chi connectivity index (χ1v) is 11.8. The lowest BCUT2D eigenvalue weighted by Gasteiger charge is -2.34. The summed E-state index contributed by atoms with van der Waals surface area (Å²) in [6.07, 6.45) is -0.657. The summed E-state index contributed by atoms with van der Waals surface area (Å²) in [6.45, 7) is 5.26. The third kappa shape index (κ3) is 4.98. The summed E-state index contributed by atoms with van der Waals surface area (Å²) >= 11 is 1.45. The number of likely N-dealkylation sites (tertiary alicyclic amines) is 1. The Balaban J connectivity index is 1.63. The third-order valence-electron chi connectivity index (χ3n) is 6.18. The average Bonchev–Trinajstić information content (AvgIpc) is 2.72. The minimum absolute atomic E-state index is 0.211. The second-order valence-electron chi connectivity index (χ2n) is 8.72. The molecule has 0 radical (unpaired) electrons. The molecular formula is C24H30F3N3S. The molecule has 0 spiro atoms. The van der Waals surface area contributed by atoms with Gasteiger partial charge in [-0.2, -0.15) is 13.2 Å². The molecule has 2 aromatic rings. The number of rotatable bonds is 5. The maximum Gasteiger partial charge on any atom is 0.416 e. The van der Waals surface area contributed by atoms with Crippen molar-refractivity contribution in [3.63, 3.8) is 0 Å². The van der Waals surface area contributed by atoms with E-state index in [1.54, 1.807) is 0 Å². The molecule has 0 atom stereocenters. The van der Waals surface area contributed by atoms with Gasteiger partial charge in [-0.25, -0.2) is 0 Å². The van der Waals surface area contributed by atoms with Gasteiger partial charge in [-0.1, -0.05) is 24.8 Å². The van der Waals surface area contributed by atoms with E-state index >= 15 is 0 Å². The molecule has 4 rings (SSSR count). The zero-order valence-electron chi connectivity index (χ0n) is 18.4. The molecule has 1 saturated heterocycles. The largest absolute Gasteiger partial charge is 0.416 e. The van der Waals surface area contributed by atoms with Crippen LogP contribution in [-0.4, -0.2) is 44.7 Å². The first-order chi connectivity index (χ1) is 14.7. The highest BCUT2D eigenvalue weighted by molar-refractivity contribution is 7.99. The van der Waals surface area contributed by atoms with Crippen LogP contribution in [0.5, 0.6) is 0 Å². The monoisotopic (exact) mass is 449 g/mol. The van der Waals surface area contributed by atoms with Crippen LogP contribution in [0, 0.1) is 0 Å². The number of fused-ring (bicyclic) bond motifs is 2. The molecule has 0 amide bonds. The van der Waals surface area contributed by atoms with E-state index in [1.807, 2.05) is 19.0 Å². The molecule has 0 saturated carbocycles. The Morgan fingerprint density at radius 3 is 2.48 bits per heavy atom. The van der Waals surface area contributed by atoms with Crippen molar-refractivity contribution in [3.05, 3.63) is 47.0 Å². The standard InChI is InChI=1S/C24H30F3N3S/c1-4-9-30-10-7-18(8-11-30)28-21-13-17(24(25,26)27)14-23-20(21)12-16-5-6-19(29(2)3)15-22(16)31-23/h5-6,13-15,18,28H,4,7-12H2,1-3H3. The molecular weight excluding hydrogens is 419 g/mol. The van der Waals surface area contributed by atoms with Crippen molar-refractivity contribution in [2.45, 2.75) is 54.6 Å². The molecule has 0 aliphatic carbocycles. The fourth-order valence-corrected chi connectivity index (χ4v) is 5.60. The van der Waals surface area contributed by atoms with E-state index in [9.17, 15) is 13.2 Å². The van der Waals surface area contributed by atoms with Gasteiger partial charge in [0.05, 0.1) is 5.56 Å². The van der Waals surface area contributed by atoms with E-state index in [-0.39, 0.29) is 6.04 Å². The van der Waals surface area contributed by atoms with E-state index in [2.05, 4.69) is 35.3 Å². The summed E-state index contributed by atoms with van der Waals surface area (Å²) in [7, 11) is 3.94. The molecule has 2 aliphatic rings. The SMILES string of the molecule is CCCN1CCC(Nc2cc(C(F)(F)F)cc3c2Cc2ccc(N(C)C)cc2S3)CC1. The maximum atomic E-state index is 13.7. The Morgan fingerprint density at radius 2 is 1.84 bits per heavy atom. The van der Waals surface area contributed by atoms with E-state index in [4.69, 9.17) is 0 Å². The molecule has 31 heavy (non-hydrogen) atoms. The van der Waals surface area contributed by atoms with E-state index in [1.165, 1.54) is 29.5 Å². The van der Waals surface area contributed by atoms with Gasteiger partial charge < -0.3 is 15.1 Å². The Bertz CT molecular complexity index is 934. The minimum atomic E-state index is -4.36. The number of hydrogen-bond acceptors (Lipinski definition) is 4. The van der Waals surface area contributed by atoms with Gasteiger partial charge in [-0.15, -0.1) is 0 Å². The minimum Gasteiger partial charge on any atom is -0.382 e. The van der Waals surface area contributed by atoms with Crippen LogP contribution < -0.4 is 10.2 Å². The zero-order chi connectivity index (χ0) is 22.2. The highest BCUT2D eigenvalue weighted by Crippen LogP contribution is 2.46. The smallest absolute Gasteiger partial charge is 0.382 e. The van der Waals surface area contributed by atoms with Crippen LogP contribution >= 0.6 is 11.8 Å². The fourth-order valence-electron chi connectivity index (χ4n) is 4.42. The Kier molecular flexibility index (Phi) is 6.44. The number of benzene rings is 2. The first-order valence-electron chi connectivity index (χ1n) is 11.0. The summed E-state index contributed by atoms with van der Waals surface area (Å²) < 4.78 is 41.0. The fraction of sp³-hybridized carbons (Fsp3) is 0.500. The van der Waals surface area contributed by atoms with Gasteiger partial charge >= 0.3 is 6.18 Å². The summed E-state index contributed by atoms with van der Waals surface area (Å²) in [5.74, 6) is 0. The number of alkyl halides is 3. The van der Waals surface area contributed by atoms with Crippen LogP contribution in [0.15, 0.2) is 40.1 Å². The van der Waals surface area contributed by atoms with Crippen molar-refractivity contribution in [1.82, 2.24) is 4.90 Å². The molecule has 2 aromatic carbocycles. The normalized spacial score (nSPS) is 17.2. The Morgan fingerprint density at radius 1 is 1.10 bits per heavy atom. The quantitative estimate of drug-likeness (QED) is 0.506. The van der Waals surface area contributed by atoms with Crippen molar-refractivity contribution < 1.29 is 13.2 Å². The highest BCUT2D eigenvalue weighted by Gasteiger charge is 2.34. The number of halogens is 3. The molecule has 7 heteroatoms. The summed E-state index contributed by atoms with van der Waals surface area (Å²) in [5.41, 5.74) is 3.28. The van der Waals surface area contributed by atoms with Gasteiger partial charge in [-0.3, -0.25) is 0 Å². The van der Waals surface area contributed by atoms with Gasteiger partial charge in [0.2, 0.25) is 0 Å².